The van der Waals surface area contributed by atoms with Gasteiger partial charge in [-0.1, -0.05) is 12.2 Å². The molecule has 0 aromatic carbocycles. The normalized spacial score (nSPS) is 19.7. The maximum atomic E-state index is 12.6. The molecule has 0 aromatic heterocycles. The number of hydrogen-bond donors (Lipinski definition) is 1. The minimum atomic E-state index is 0. The van der Waals surface area contributed by atoms with Crippen LogP contribution in [0.1, 0.15) is 56.2 Å². The summed E-state index contributed by atoms with van der Waals surface area (Å²) < 4.78 is 0. The first-order valence-corrected chi connectivity index (χ1v) is 9.72. The van der Waals surface area contributed by atoms with Crippen LogP contribution in [-0.4, -0.2) is 36.0 Å². The number of fused-ring (bicyclic) bond motifs is 2. The molecule has 139 valence electrons. The van der Waals surface area contributed by atoms with Crippen molar-refractivity contribution in [2.75, 3.05) is 13.1 Å². The van der Waals surface area contributed by atoms with Gasteiger partial charge in [0.05, 0.1) is 0 Å². The molecule has 1 N–H and O–H groups in total. The van der Waals surface area contributed by atoms with E-state index in [1.54, 1.807) is 0 Å². The Hall–Kier alpha value is -1.61. The molecule has 0 spiro atoms. The zero-order valence-electron chi connectivity index (χ0n) is 16.1. The molecule has 3 heteroatoms. The molecule has 0 unspecified atom stereocenters. The standard InChI is InChI=1S/C22H31N2O.2H2/c1-15(2)24(16(3)4)12-11-23-22(25)19-10-9-18-13-17-7-5-6-8-20(17)21(18)14-19;;/h9-10,13-16H,5-8,11-12H2,1-4H3,(H,23,25);2*1H. The van der Waals surface area contributed by atoms with E-state index in [0.29, 0.717) is 18.6 Å². The molecule has 1 fully saturated rings. The smallest absolute Gasteiger partial charge is 0.247 e. The summed E-state index contributed by atoms with van der Waals surface area (Å²) in [7, 11) is 0. The summed E-state index contributed by atoms with van der Waals surface area (Å²) >= 11 is 0. The third-order valence-corrected chi connectivity index (χ3v) is 5.46. The van der Waals surface area contributed by atoms with Gasteiger partial charge >= 0.3 is 0 Å². The maximum absolute atomic E-state index is 12.6. The van der Waals surface area contributed by atoms with Crippen LogP contribution < -0.4 is 5.32 Å². The predicted octanol–water partition coefficient (Wildman–Crippen LogP) is 4.59. The predicted molar refractivity (Wildman–Crippen MR) is 108 cm³/mol. The molecular weight excluding hydrogens is 308 g/mol. The average Bonchev–Trinajstić information content (AvgIpc) is 2.95. The fraction of sp³-hybridized carbons (Fsp3) is 0.545. The van der Waals surface area contributed by atoms with E-state index in [1.807, 2.05) is 6.42 Å². The van der Waals surface area contributed by atoms with E-state index in [9.17, 15) is 4.79 Å². The first-order chi connectivity index (χ1) is 12.0. The van der Waals surface area contributed by atoms with Crippen LogP contribution in [0.25, 0.3) is 0 Å². The Bertz CT molecular complexity index is 664. The van der Waals surface area contributed by atoms with Gasteiger partial charge in [0, 0.05) is 40.0 Å². The lowest BCUT2D eigenvalue weighted by atomic mass is 9.88. The largest absolute Gasteiger partial charge is 0.351 e. The molecule has 0 aromatic rings. The van der Waals surface area contributed by atoms with E-state index in [4.69, 9.17) is 0 Å². The molecule has 1 radical (unpaired) electrons. The van der Waals surface area contributed by atoms with Gasteiger partial charge in [0.1, 0.15) is 0 Å². The molecule has 0 aliphatic heterocycles. The minimum Gasteiger partial charge on any atom is -0.351 e. The number of allylic oxidation sites excluding steroid dienone is 7. The number of nitrogens with one attached hydrogen (secondary N) is 1. The van der Waals surface area contributed by atoms with Gasteiger partial charge in [0.2, 0.25) is 5.91 Å². The van der Waals surface area contributed by atoms with E-state index in [2.05, 4.69) is 56.1 Å². The van der Waals surface area contributed by atoms with Crippen LogP contribution in [0.5, 0.6) is 0 Å². The summed E-state index contributed by atoms with van der Waals surface area (Å²) in [6.07, 6.45) is 13.4. The monoisotopic (exact) mass is 343 g/mol. The number of carbonyl (C=O) groups excluding carboxylic acids is 1. The highest BCUT2D eigenvalue weighted by molar-refractivity contribution is 5.98. The first-order valence-electron chi connectivity index (χ1n) is 9.72. The molecule has 1 amide bonds. The highest BCUT2D eigenvalue weighted by atomic mass is 16.1. The average molecular weight is 344 g/mol. The number of nitrogens with zero attached hydrogens (tertiary/aromatic N) is 1. The molecule has 0 bridgehead atoms. The van der Waals surface area contributed by atoms with Gasteiger partial charge in [-0.3, -0.25) is 9.69 Å². The Morgan fingerprint density at radius 2 is 1.88 bits per heavy atom. The molecule has 3 aliphatic carbocycles. The van der Waals surface area contributed by atoms with Gasteiger partial charge in [-0.05, 0) is 81.7 Å². The lowest BCUT2D eigenvalue weighted by Crippen LogP contribution is -2.42. The second kappa shape index (κ2) is 7.74. The molecular formula is C22H35N2O. The van der Waals surface area contributed by atoms with Crippen LogP contribution >= 0.6 is 0 Å². The van der Waals surface area contributed by atoms with Crippen molar-refractivity contribution in [3.63, 3.8) is 0 Å². The van der Waals surface area contributed by atoms with Crippen LogP contribution in [0, 0.1) is 6.42 Å². The van der Waals surface area contributed by atoms with Crippen LogP contribution in [0.3, 0.4) is 0 Å². The number of carbonyl (C=O) groups is 1. The van der Waals surface area contributed by atoms with Crippen LogP contribution in [0.2, 0.25) is 0 Å². The Kier molecular flexibility index (Phi) is 5.63. The summed E-state index contributed by atoms with van der Waals surface area (Å²) in [5, 5.41) is 3.10. The topological polar surface area (TPSA) is 32.3 Å². The van der Waals surface area contributed by atoms with Crippen molar-refractivity contribution < 1.29 is 7.65 Å². The summed E-state index contributed by atoms with van der Waals surface area (Å²) in [6.45, 7) is 10.4. The Morgan fingerprint density at radius 1 is 1.16 bits per heavy atom. The van der Waals surface area contributed by atoms with Crippen LogP contribution in [0.15, 0.2) is 46.1 Å². The Labute approximate surface area is 155 Å². The van der Waals surface area contributed by atoms with E-state index < -0.39 is 0 Å². The first kappa shape index (κ1) is 18.2. The van der Waals surface area contributed by atoms with Crippen molar-refractivity contribution in [2.24, 2.45) is 0 Å². The van der Waals surface area contributed by atoms with Crippen molar-refractivity contribution in [2.45, 2.75) is 65.5 Å². The molecule has 1 saturated carbocycles. The molecule has 3 aliphatic rings. The second-order valence-electron chi connectivity index (χ2n) is 7.84. The van der Waals surface area contributed by atoms with Crippen LogP contribution in [-0.2, 0) is 4.79 Å². The Morgan fingerprint density at radius 3 is 2.60 bits per heavy atom. The zero-order chi connectivity index (χ0) is 18.0. The van der Waals surface area contributed by atoms with Gasteiger partial charge < -0.3 is 5.32 Å². The fourth-order valence-corrected chi connectivity index (χ4v) is 4.18. The summed E-state index contributed by atoms with van der Waals surface area (Å²) in [5.74, 6) is 0.0418. The SMILES string of the molecule is CC(C)N(CCNC(=O)C1=CC2=C3CCCCC3=CC2=C[CH]1)C(C)C.[HH].[HH]. The second-order valence-corrected chi connectivity index (χ2v) is 7.84. The number of rotatable bonds is 6. The highest BCUT2D eigenvalue weighted by Gasteiger charge is 2.26. The third-order valence-electron chi connectivity index (χ3n) is 5.46. The van der Waals surface area contributed by atoms with Crippen molar-refractivity contribution in [3.8, 4) is 0 Å². The molecule has 0 saturated heterocycles. The van der Waals surface area contributed by atoms with Crippen molar-refractivity contribution in [3.05, 3.63) is 52.5 Å². The molecule has 3 nitrogen and oxygen atoms in total. The quantitative estimate of drug-likeness (QED) is 0.765. The molecule has 0 heterocycles. The van der Waals surface area contributed by atoms with Gasteiger partial charge in [0.25, 0.3) is 0 Å². The molecule has 0 atom stereocenters. The summed E-state index contributed by atoms with van der Waals surface area (Å²) in [4.78, 5) is 15.0. The lowest BCUT2D eigenvalue weighted by Gasteiger charge is -2.30. The molecule has 25 heavy (non-hydrogen) atoms. The summed E-state index contributed by atoms with van der Waals surface area (Å²) in [6, 6.07) is 0.980. The van der Waals surface area contributed by atoms with E-state index in [0.717, 1.165) is 18.5 Å². The van der Waals surface area contributed by atoms with Crippen LogP contribution in [0.4, 0.5) is 0 Å². The van der Waals surface area contributed by atoms with Crippen molar-refractivity contribution in [1.82, 2.24) is 10.2 Å². The van der Waals surface area contributed by atoms with Gasteiger partial charge in [0.15, 0.2) is 0 Å². The maximum Gasteiger partial charge on any atom is 0.247 e. The van der Waals surface area contributed by atoms with Crippen molar-refractivity contribution in [1.29, 1.82) is 0 Å². The van der Waals surface area contributed by atoms with Gasteiger partial charge in [-0.2, -0.15) is 0 Å². The Balaban J connectivity index is 0.00000182. The summed E-state index contributed by atoms with van der Waals surface area (Å²) in [5.41, 5.74) is 6.32. The van der Waals surface area contributed by atoms with E-state index in [1.165, 1.54) is 41.6 Å². The van der Waals surface area contributed by atoms with Gasteiger partial charge in [-0.15, -0.1) is 0 Å². The number of amides is 1. The van der Waals surface area contributed by atoms with Crippen molar-refractivity contribution >= 4 is 5.91 Å². The van der Waals surface area contributed by atoms with E-state index >= 15 is 0 Å². The lowest BCUT2D eigenvalue weighted by molar-refractivity contribution is -0.117. The third kappa shape index (κ3) is 3.98. The zero-order valence-corrected chi connectivity index (χ0v) is 16.1. The highest BCUT2D eigenvalue weighted by Crippen LogP contribution is 2.42. The van der Waals surface area contributed by atoms with E-state index in [-0.39, 0.29) is 8.76 Å². The number of hydrogen-bond acceptors (Lipinski definition) is 2. The fourth-order valence-electron chi connectivity index (χ4n) is 4.18. The van der Waals surface area contributed by atoms with Gasteiger partial charge in [-0.25, -0.2) is 0 Å². The molecule has 3 rings (SSSR count). The minimum absolute atomic E-state index is 0.